The largest absolute Gasteiger partial charge is 0.332 e. The minimum Gasteiger partial charge on any atom is -0.332 e. The molecule has 2 rings (SSSR count). The van der Waals surface area contributed by atoms with Crippen molar-refractivity contribution in [1.82, 2.24) is 19.8 Å². The standard InChI is InChI=1S/C12H18N4O/c1-9-8-15(3)6-7-16(9)12(17)11-4-5-13-10(2)14-11/h4-5,9H,6-8H2,1-3H3. The number of hydrogen-bond donors (Lipinski definition) is 0. The summed E-state index contributed by atoms with van der Waals surface area (Å²) in [6.45, 7) is 6.46. The molecule has 0 bridgehead atoms. The number of piperazine rings is 1. The summed E-state index contributed by atoms with van der Waals surface area (Å²) >= 11 is 0. The summed E-state index contributed by atoms with van der Waals surface area (Å²) in [4.78, 5) is 24.6. The molecule has 1 unspecified atom stereocenters. The first kappa shape index (κ1) is 12.0. The summed E-state index contributed by atoms with van der Waals surface area (Å²) in [5, 5.41) is 0. The van der Waals surface area contributed by atoms with Crippen LogP contribution in [0, 0.1) is 6.92 Å². The first-order valence-corrected chi connectivity index (χ1v) is 5.87. The monoisotopic (exact) mass is 234 g/mol. The Morgan fingerprint density at radius 1 is 1.47 bits per heavy atom. The molecule has 2 heterocycles. The summed E-state index contributed by atoms with van der Waals surface area (Å²) in [5.74, 6) is 0.647. The highest BCUT2D eigenvalue weighted by Gasteiger charge is 2.27. The minimum absolute atomic E-state index is 0.0103. The van der Waals surface area contributed by atoms with Crippen LogP contribution in [0.4, 0.5) is 0 Å². The molecule has 1 aromatic rings. The van der Waals surface area contributed by atoms with Crippen LogP contribution in [0.5, 0.6) is 0 Å². The molecule has 0 saturated carbocycles. The fraction of sp³-hybridized carbons (Fsp3) is 0.583. The van der Waals surface area contributed by atoms with Crippen LogP contribution in [0.25, 0.3) is 0 Å². The van der Waals surface area contributed by atoms with Gasteiger partial charge >= 0.3 is 0 Å². The highest BCUT2D eigenvalue weighted by molar-refractivity contribution is 5.92. The van der Waals surface area contributed by atoms with Crippen LogP contribution in [0.1, 0.15) is 23.2 Å². The van der Waals surface area contributed by atoms with Gasteiger partial charge in [0.2, 0.25) is 0 Å². The Hall–Kier alpha value is -1.49. The number of hydrogen-bond acceptors (Lipinski definition) is 4. The van der Waals surface area contributed by atoms with Crippen LogP contribution in [0.2, 0.25) is 0 Å². The Balaban J connectivity index is 2.15. The van der Waals surface area contributed by atoms with E-state index >= 15 is 0 Å². The first-order chi connectivity index (χ1) is 8.08. The number of amides is 1. The molecule has 1 saturated heterocycles. The van der Waals surface area contributed by atoms with Crippen molar-refractivity contribution in [1.29, 1.82) is 0 Å². The summed E-state index contributed by atoms with van der Waals surface area (Å²) in [6, 6.07) is 1.91. The Morgan fingerprint density at radius 2 is 2.24 bits per heavy atom. The Kier molecular flexibility index (Phi) is 3.38. The third kappa shape index (κ3) is 2.61. The van der Waals surface area contributed by atoms with Gasteiger partial charge < -0.3 is 9.80 Å². The molecular weight excluding hydrogens is 216 g/mol. The van der Waals surface area contributed by atoms with Crippen molar-refractivity contribution in [2.75, 3.05) is 26.7 Å². The predicted molar refractivity (Wildman–Crippen MR) is 64.8 cm³/mol. The van der Waals surface area contributed by atoms with Gasteiger partial charge in [-0.05, 0) is 27.0 Å². The lowest BCUT2D eigenvalue weighted by Gasteiger charge is -2.38. The number of likely N-dealkylation sites (N-methyl/N-ethyl adjacent to an activating group) is 1. The molecule has 0 radical (unpaired) electrons. The third-order valence-corrected chi connectivity index (χ3v) is 3.09. The minimum atomic E-state index is 0.0103. The van der Waals surface area contributed by atoms with Crippen LogP contribution >= 0.6 is 0 Å². The number of rotatable bonds is 1. The zero-order chi connectivity index (χ0) is 12.4. The van der Waals surface area contributed by atoms with E-state index < -0.39 is 0 Å². The highest BCUT2D eigenvalue weighted by Crippen LogP contribution is 2.11. The van der Waals surface area contributed by atoms with Crippen LogP contribution in [-0.2, 0) is 0 Å². The van der Waals surface area contributed by atoms with Crippen LogP contribution in [0.3, 0.4) is 0 Å². The molecule has 5 nitrogen and oxygen atoms in total. The topological polar surface area (TPSA) is 49.3 Å². The van der Waals surface area contributed by atoms with Gasteiger partial charge in [-0.2, -0.15) is 0 Å². The maximum atomic E-state index is 12.3. The van der Waals surface area contributed by atoms with E-state index in [1.54, 1.807) is 19.2 Å². The third-order valence-electron chi connectivity index (χ3n) is 3.09. The zero-order valence-electron chi connectivity index (χ0n) is 10.6. The average molecular weight is 234 g/mol. The van der Waals surface area contributed by atoms with E-state index in [2.05, 4.69) is 28.8 Å². The zero-order valence-corrected chi connectivity index (χ0v) is 10.6. The van der Waals surface area contributed by atoms with Crippen molar-refractivity contribution in [3.05, 3.63) is 23.8 Å². The molecule has 0 aliphatic carbocycles. The van der Waals surface area contributed by atoms with Crippen molar-refractivity contribution in [3.8, 4) is 0 Å². The van der Waals surface area contributed by atoms with E-state index in [1.807, 2.05) is 4.90 Å². The van der Waals surface area contributed by atoms with Crippen LogP contribution < -0.4 is 0 Å². The lowest BCUT2D eigenvalue weighted by molar-refractivity contribution is 0.0527. The van der Waals surface area contributed by atoms with Gasteiger partial charge in [0.25, 0.3) is 5.91 Å². The molecule has 0 N–H and O–H groups in total. The molecule has 1 fully saturated rings. The maximum Gasteiger partial charge on any atom is 0.272 e. The Morgan fingerprint density at radius 3 is 2.88 bits per heavy atom. The Labute approximate surface area is 101 Å². The molecule has 0 spiro atoms. The lowest BCUT2D eigenvalue weighted by Crippen LogP contribution is -2.52. The smallest absolute Gasteiger partial charge is 0.272 e. The van der Waals surface area contributed by atoms with E-state index in [9.17, 15) is 4.79 Å². The van der Waals surface area contributed by atoms with E-state index in [-0.39, 0.29) is 11.9 Å². The van der Waals surface area contributed by atoms with Crippen molar-refractivity contribution in [2.45, 2.75) is 19.9 Å². The number of nitrogens with zero attached hydrogens (tertiary/aromatic N) is 4. The number of carbonyl (C=O) groups is 1. The molecule has 17 heavy (non-hydrogen) atoms. The second-order valence-electron chi connectivity index (χ2n) is 4.60. The molecule has 0 aromatic carbocycles. The van der Waals surface area contributed by atoms with Crippen molar-refractivity contribution < 1.29 is 4.79 Å². The van der Waals surface area contributed by atoms with Gasteiger partial charge in [0.05, 0.1) is 0 Å². The predicted octanol–water partition coefficient (Wildman–Crippen LogP) is 0.561. The molecular formula is C12H18N4O. The fourth-order valence-electron chi connectivity index (χ4n) is 2.16. The number of aryl methyl sites for hydroxylation is 1. The summed E-state index contributed by atoms with van der Waals surface area (Å²) in [6.07, 6.45) is 1.64. The molecule has 5 heteroatoms. The van der Waals surface area contributed by atoms with Crippen LogP contribution in [0.15, 0.2) is 12.3 Å². The highest BCUT2D eigenvalue weighted by atomic mass is 16.2. The second kappa shape index (κ2) is 4.79. The van der Waals surface area contributed by atoms with Gasteiger partial charge in [0, 0.05) is 31.9 Å². The first-order valence-electron chi connectivity index (χ1n) is 5.87. The van der Waals surface area contributed by atoms with Gasteiger partial charge in [-0.3, -0.25) is 4.79 Å². The Bertz CT molecular complexity index is 421. The van der Waals surface area contributed by atoms with Crippen molar-refractivity contribution >= 4 is 5.91 Å². The second-order valence-corrected chi connectivity index (χ2v) is 4.60. The normalized spacial score (nSPS) is 21.6. The molecule has 1 aliphatic heterocycles. The summed E-state index contributed by atoms with van der Waals surface area (Å²) < 4.78 is 0. The quantitative estimate of drug-likeness (QED) is 0.712. The average Bonchev–Trinajstić information content (AvgIpc) is 2.28. The number of carbonyl (C=O) groups excluding carboxylic acids is 1. The summed E-state index contributed by atoms with van der Waals surface area (Å²) in [7, 11) is 2.08. The van der Waals surface area contributed by atoms with Crippen LogP contribution in [-0.4, -0.2) is 58.4 Å². The van der Waals surface area contributed by atoms with Gasteiger partial charge in [0.1, 0.15) is 11.5 Å². The maximum absolute atomic E-state index is 12.3. The summed E-state index contributed by atoms with van der Waals surface area (Å²) in [5.41, 5.74) is 0.494. The fourth-order valence-corrected chi connectivity index (χ4v) is 2.16. The molecule has 92 valence electrons. The molecule has 1 aromatic heterocycles. The van der Waals surface area contributed by atoms with Gasteiger partial charge in [-0.1, -0.05) is 0 Å². The SMILES string of the molecule is Cc1nccc(C(=O)N2CCN(C)CC2C)n1. The van der Waals surface area contributed by atoms with Crippen molar-refractivity contribution in [2.24, 2.45) is 0 Å². The molecule has 1 aliphatic rings. The molecule has 1 atom stereocenters. The van der Waals surface area contributed by atoms with Crippen molar-refractivity contribution in [3.63, 3.8) is 0 Å². The number of aromatic nitrogens is 2. The van der Waals surface area contributed by atoms with Gasteiger partial charge in [-0.25, -0.2) is 9.97 Å². The lowest BCUT2D eigenvalue weighted by atomic mass is 10.2. The van der Waals surface area contributed by atoms with Gasteiger partial charge in [-0.15, -0.1) is 0 Å². The van der Waals surface area contributed by atoms with Gasteiger partial charge in [0.15, 0.2) is 0 Å². The van der Waals surface area contributed by atoms with E-state index in [0.717, 1.165) is 19.6 Å². The molecule has 1 amide bonds. The van der Waals surface area contributed by atoms with E-state index in [1.165, 1.54) is 0 Å². The van der Waals surface area contributed by atoms with E-state index in [4.69, 9.17) is 0 Å². The van der Waals surface area contributed by atoms with E-state index in [0.29, 0.717) is 11.5 Å².